The van der Waals surface area contributed by atoms with Crippen LogP contribution in [0.3, 0.4) is 0 Å². The zero-order valence-corrected chi connectivity index (χ0v) is 15.2. The van der Waals surface area contributed by atoms with Crippen LogP contribution in [0.5, 0.6) is 0 Å². The van der Waals surface area contributed by atoms with Gasteiger partial charge in [0, 0.05) is 27.7 Å². The number of carbonyl (C=O) groups excluding carboxylic acids is 4. The molecule has 5 atom stereocenters. The van der Waals surface area contributed by atoms with Gasteiger partial charge in [0.05, 0.1) is 0 Å². The highest BCUT2D eigenvalue weighted by molar-refractivity contribution is 9.09. The van der Waals surface area contributed by atoms with Gasteiger partial charge in [-0.3, -0.25) is 19.2 Å². The van der Waals surface area contributed by atoms with Gasteiger partial charge in [0.15, 0.2) is 23.3 Å². The zero-order valence-electron chi connectivity index (χ0n) is 13.6. The van der Waals surface area contributed by atoms with Crippen LogP contribution in [-0.4, -0.2) is 59.9 Å². The first-order valence-electron chi connectivity index (χ1n) is 7.06. The fourth-order valence-electron chi connectivity index (χ4n) is 2.18. The summed E-state index contributed by atoms with van der Waals surface area (Å²) in [6, 6.07) is 0. The topological polar surface area (TPSA) is 114 Å². The van der Waals surface area contributed by atoms with Crippen molar-refractivity contribution in [2.45, 2.75) is 57.1 Å². The number of hydrogen-bond acceptors (Lipinski definition) is 9. The van der Waals surface area contributed by atoms with E-state index in [4.69, 9.17) is 23.7 Å². The average Bonchev–Trinajstić information content (AvgIpc) is 2.42. The van der Waals surface area contributed by atoms with E-state index in [0.29, 0.717) is 0 Å². The Morgan fingerprint density at radius 2 is 1.25 bits per heavy atom. The van der Waals surface area contributed by atoms with Crippen LogP contribution in [0.1, 0.15) is 27.7 Å². The van der Waals surface area contributed by atoms with E-state index in [9.17, 15) is 19.2 Å². The molecule has 0 aromatic rings. The van der Waals surface area contributed by atoms with Gasteiger partial charge in [-0.05, 0) is 0 Å². The number of hydrogen-bond donors (Lipinski definition) is 0. The monoisotopic (exact) mass is 410 g/mol. The van der Waals surface area contributed by atoms with E-state index >= 15 is 0 Å². The molecule has 1 heterocycles. The fourth-order valence-corrected chi connectivity index (χ4v) is 2.86. The fraction of sp³-hybridized carbons (Fsp3) is 0.714. The molecule has 136 valence electrons. The van der Waals surface area contributed by atoms with Gasteiger partial charge >= 0.3 is 23.9 Å². The molecule has 0 saturated carbocycles. The third kappa shape index (κ3) is 6.08. The molecule has 0 amide bonds. The average molecular weight is 411 g/mol. The highest BCUT2D eigenvalue weighted by Crippen LogP contribution is 2.31. The van der Waals surface area contributed by atoms with Crippen molar-refractivity contribution < 1.29 is 42.9 Å². The minimum Gasteiger partial charge on any atom is -0.463 e. The van der Waals surface area contributed by atoms with Crippen molar-refractivity contribution in [3.05, 3.63) is 0 Å². The van der Waals surface area contributed by atoms with Crippen LogP contribution in [0.15, 0.2) is 0 Å². The second-order valence-electron chi connectivity index (χ2n) is 5.05. The Morgan fingerprint density at radius 1 is 0.792 bits per heavy atom. The SMILES string of the molecule is CC(=O)OCC1O[C@H](Br)C(OC(C)=O)[C@H](OC(C)=O)[C@@H]1OC(C)=O. The van der Waals surface area contributed by atoms with E-state index in [2.05, 4.69) is 15.9 Å². The smallest absolute Gasteiger partial charge is 0.303 e. The summed E-state index contributed by atoms with van der Waals surface area (Å²) >= 11 is 3.18. The molecule has 10 heteroatoms. The Morgan fingerprint density at radius 3 is 1.71 bits per heavy atom. The number of carbonyl (C=O) groups is 4. The lowest BCUT2D eigenvalue weighted by atomic mass is 9.99. The number of alkyl halides is 1. The Hall–Kier alpha value is -1.68. The van der Waals surface area contributed by atoms with Gasteiger partial charge in [0.25, 0.3) is 0 Å². The second-order valence-corrected chi connectivity index (χ2v) is 5.95. The van der Waals surface area contributed by atoms with Crippen molar-refractivity contribution in [3.8, 4) is 0 Å². The molecule has 0 aromatic heterocycles. The van der Waals surface area contributed by atoms with Crippen LogP contribution < -0.4 is 0 Å². The quantitative estimate of drug-likeness (QED) is 0.362. The molecule has 0 spiro atoms. The molecule has 1 aliphatic rings. The molecule has 0 aromatic carbocycles. The highest BCUT2D eigenvalue weighted by atomic mass is 79.9. The number of esters is 4. The summed E-state index contributed by atoms with van der Waals surface area (Å²) in [5, 5.41) is -0.863. The van der Waals surface area contributed by atoms with E-state index in [1.165, 1.54) is 13.8 Å². The molecule has 1 fully saturated rings. The molecule has 24 heavy (non-hydrogen) atoms. The van der Waals surface area contributed by atoms with Crippen LogP contribution in [0.25, 0.3) is 0 Å². The first kappa shape index (κ1) is 20.4. The summed E-state index contributed by atoms with van der Waals surface area (Å²) in [6.45, 7) is 4.47. The summed E-state index contributed by atoms with van der Waals surface area (Å²) < 4.78 is 25.9. The molecule has 9 nitrogen and oxygen atoms in total. The van der Waals surface area contributed by atoms with Gasteiger partial charge in [-0.25, -0.2) is 0 Å². The van der Waals surface area contributed by atoms with Crippen molar-refractivity contribution in [1.29, 1.82) is 0 Å². The predicted molar refractivity (Wildman–Crippen MR) is 80.9 cm³/mol. The Balaban J connectivity index is 3.11. The van der Waals surface area contributed by atoms with Crippen LogP contribution in [-0.2, 0) is 42.9 Å². The molecular weight excluding hydrogens is 392 g/mol. The maximum Gasteiger partial charge on any atom is 0.303 e. The number of ether oxygens (including phenoxy) is 5. The number of rotatable bonds is 5. The van der Waals surface area contributed by atoms with Gasteiger partial charge in [-0.2, -0.15) is 0 Å². The highest BCUT2D eigenvalue weighted by Gasteiger charge is 2.51. The van der Waals surface area contributed by atoms with Gasteiger partial charge < -0.3 is 23.7 Å². The lowest BCUT2D eigenvalue weighted by Crippen LogP contribution is -2.60. The van der Waals surface area contributed by atoms with Crippen LogP contribution in [0, 0.1) is 0 Å². The van der Waals surface area contributed by atoms with Gasteiger partial charge in [0.2, 0.25) is 0 Å². The molecule has 0 aliphatic carbocycles. The molecule has 0 radical (unpaired) electrons. The van der Waals surface area contributed by atoms with Gasteiger partial charge in [-0.15, -0.1) is 0 Å². The summed E-state index contributed by atoms with van der Waals surface area (Å²) in [6.07, 6.45) is -4.22. The van der Waals surface area contributed by atoms with Crippen LogP contribution in [0.2, 0.25) is 0 Å². The Labute approximate surface area is 147 Å². The van der Waals surface area contributed by atoms with E-state index in [1.807, 2.05) is 0 Å². The predicted octanol–water partition coefficient (Wildman–Crippen LogP) is 0.464. The summed E-state index contributed by atoms with van der Waals surface area (Å²) in [4.78, 5) is 45.1. The lowest BCUT2D eigenvalue weighted by molar-refractivity contribution is -0.236. The van der Waals surface area contributed by atoms with Crippen molar-refractivity contribution in [2.75, 3.05) is 6.61 Å². The maximum absolute atomic E-state index is 11.4. The molecule has 2 unspecified atom stereocenters. The third-order valence-corrected chi connectivity index (χ3v) is 3.67. The van der Waals surface area contributed by atoms with Gasteiger partial charge in [0.1, 0.15) is 12.7 Å². The molecular formula is C14H19BrO9. The minimum atomic E-state index is -1.13. The second kappa shape index (κ2) is 8.97. The summed E-state index contributed by atoms with van der Waals surface area (Å²) in [5.41, 5.74) is 0. The Kier molecular flexibility index (Phi) is 7.61. The summed E-state index contributed by atoms with van der Waals surface area (Å²) in [7, 11) is 0. The van der Waals surface area contributed by atoms with E-state index in [-0.39, 0.29) is 6.61 Å². The van der Waals surface area contributed by atoms with Crippen molar-refractivity contribution in [1.82, 2.24) is 0 Å². The van der Waals surface area contributed by atoms with Crippen molar-refractivity contribution >= 4 is 39.8 Å². The summed E-state index contributed by atoms with van der Waals surface area (Å²) in [5.74, 6) is -2.52. The molecule has 1 aliphatic heterocycles. The molecule has 0 bridgehead atoms. The maximum atomic E-state index is 11.4. The van der Waals surface area contributed by atoms with E-state index in [0.717, 1.165) is 13.8 Å². The largest absolute Gasteiger partial charge is 0.463 e. The van der Waals surface area contributed by atoms with E-state index < -0.39 is 53.3 Å². The lowest BCUT2D eigenvalue weighted by Gasteiger charge is -2.42. The zero-order chi connectivity index (χ0) is 18.4. The molecule has 1 saturated heterocycles. The first-order chi connectivity index (χ1) is 11.1. The first-order valence-corrected chi connectivity index (χ1v) is 7.98. The normalized spacial score (nSPS) is 29.3. The van der Waals surface area contributed by atoms with Crippen LogP contribution >= 0.6 is 15.9 Å². The molecule has 0 N–H and O–H groups in total. The van der Waals surface area contributed by atoms with Crippen LogP contribution in [0.4, 0.5) is 0 Å². The minimum absolute atomic E-state index is 0.236. The van der Waals surface area contributed by atoms with E-state index in [1.54, 1.807) is 0 Å². The Bertz CT molecular complexity index is 506. The third-order valence-electron chi connectivity index (χ3n) is 2.93. The van der Waals surface area contributed by atoms with Crippen molar-refractivity contribution in [3.63, 3.8) is 0 Å². The standard InChI is InChI=1S/C14H19BrO9/c1-6(16)20-5-10-11(21-7(2)17)12(22-8(3)18)13(14(15)24-10)23-9(4)19/h10-14H,5H2,1-4H3/t10?,11-,12-,13?,14+/m1/s1. The van der Waals surface area contributed by atoms with Gasteiger partial charge in [-0.1, -0.05) is 15.9 Å². The number of halogens is 1. The van der Waals surface area contributed by atoms with Crippen molar-refractivity contribution in [2.24, 2.45) is 0 Å². The molecule has 1 rings (SSSR count).